The van der Waals surface area contributed by atoms with E-state index in [0.717, 1.165) is 36.1 Å². The fraction of sp³-hybridized carbons (Fsp3) is 0.462. The van der Waals surface area contributed by atoms with E-state index >= 15 is 0 Å². The summed E-state index contributed by atoms with van der Waals surface area (Å²) in [5.74, 6) is -0.00954. The monoisotopic (exact) mass is 345 g/mol. The second-order valence-corrected chi connectivity index (χ2v) is 6.05. The van der Waals surface area contributed by atoms with E-state index in [1.165, 1.54) is 0 Å². The van der Waals surface area contributed by atoms with E-state index in [4.69, 9.17) is 17.3 Å². The van der Waals surface area contributed by atoms with Gasteiger partial charge in [0.1, 0.15) is 0 Å². The van der Waals surface area contributed by atoms with Crippen LogP contribution >= 0.6 is 27.5 Å². The van der Waals surface area contributed by atoms with E-state index in [1.54, 1.807) is 18.2 Å². The van der Waals surface area contributed by atoms with Crippen molar-refractivity contribution in [2.45, 2.75) is 18.9 Å². The molecule has 6 heteroatoms. The van der Waals surface area contributed by atoms with Gasteiger partial charge >= 0.3 is 0 Å². The van der Waals surface area contributed by atoms with Crippen LogP contribution in [0.5, 0.6) is 0 Å². The second kappa shape index (κ2) is 6.70. The highest BCUT2D eigenvalue weighted by atomic mass is 79.9. The van der Waals surface area contributed by atoms with Gasteiger partial charge in [0.15, 0.2) is 0 Å². The molecule has 0 spiro atoms. The van der Waals surface area contributed by atoms with Crippen LogP contribution in [-0.2, 0) is 4.79 Å². The summed E-state index contributed by atoms with van der Waals surface area (Å²) < 4.78 is 0.774. The summed E-state index contributed by atoms with van der Waals surface area (Å²) in [6.07, 6.45) is 1.92. The molecule has 104 valence electrons. The zero-order valence-corrected chi connectivity index (χ0v) is 12.9. The van der Waals surface area contributed by atoms with Crippen molar-refractivity contribution in [1.82, 2.24) is 4.90 Å². The summed E-state index contributed by atoms with van der Waals surface area (Å²) in [5, 5.41) is 3.50. The first-order chi connectivity index (χ1) is 9.04. The number of likely N-dealkylation sites (tertiary alicyclic amines) is 1. The molecule has 0 radical (unpaired) electrons. The predicted molar refractivity (Wildman–Crippen MR) is 81.4 cm³/mol. The van der Waals surface area contributed by atoms with Crippen molar-refractivity contribution < 1.29 is 4.79 Å². The molecule has 1 aromatic carbocycles. The molecule has 0 atom stereocenters. The molecule has 1 heterocycles. The Morgan fingerprint density at radius 3 is 2.79 bits per heavy atom. The van der Waals surface area contributed by atoms with Gasteiger partial charge in [-0.05, 0) is 47.0 Å². The highest BCUT2D eigenvalue weighted by Crippen LogP contribution is 2.25. The minimum Gasteiger partial charge on any atom is -0.328 e. The SMILES string of the molecule is NC1CCN(CC(=O)Nc2ccc(Cl)c(Br)c2)CC1. The van der Waals surface area contributed by atoms with Crippen LogP contribution in [0.15, 0.2) is 22.7 Å². The highest BCUT2D eigenvalue weighted by molar-refractivity contribution is 9.10. The number of halogens is 2. The molecule has 0 saturated carbocycles. The van der Waals surface area contributed by atoms with Crippen LogP contribution in [0.25, 0.3) is 0 Å². The van der Waals surface area contributed by atoms with Gasteiger partial charge in [-0.2, -0.15) is 0 Å². The highest BCUT2D eigenvalue weighted by Gasteiger charge is 2.18. The van der Waals surface area contributed by atoms with Gasteiger partial charge in [-0.25, -0.2) is 0 Å². The van der Waals surface area contributed by atoms with Crippen molar-refractivity contribution in [2.75, 3.05) is 25.0 Å². The number of hydrogen-bond donors (Lipinski definition) is 2. The molecular formula is C13H17BrClN3O. The number of carbonyl (C=O) groups excluding carboxylic acids is 1. The molecule has 4 nitrogen and oxygen atoms in total. The number of nitrogens with two attached hydrogens (primary N) is 1. The Balaban J connectivity index is 1.85. The van der Waals surface area contributed by atoms with E-state index in [2.05, 4.69) is 26.1 Å². The molecule has 1 saturated heterocycles. The number of nitrogens with one attached hydrogen (secondary N) is 1. The summed E-state index contributed by atoms with van der Waals surface area (Å²) >= 11 is 9.24. The maximum Gasteiger partial charge on any atom is 0.238 e. The Hall–Kier alpha value is -0.620. The topological polar surface area (TPSA) is 58.4 Å². The van der Waals surface area contributed by atoms with E-state index < -0.39 is 0 Å². The predicted octanol–water partition coefficient (Wildman–Crippen LogP) is 2.46. The van der Waals surface area contributed by atoms with E-state index in [-0.39, 0.29) is 11.9 Å². The van der Waals surface area contributed by atoms with Crippen LogP contribution in [0.2, 0.25) is 5.02 Å². The molecule has 2 rings (SSSR count). The molecule has 3 N–H and O–H groups in total. The van der Waals surface area contributed by atoms with E-state index in [9.17, 15) is 4.79 Å². The normalized spacial score (nSPS) is 17.4. The lowest BCUT2D eigenvalue weighted by atomic mass is 10.1. The van der Waals surface area contributed by atoms with Crippen molar-refractivity contribution in [3.05, 3.63) is 27.7 Å². The van der Waals surface area contributed by atoms with Gasteiger partial charge in [0.2, 0.25) is 5.91 Å². The van der Waals surface area contributed by atoms with Gasteiger partial charge in [0.05, 0.1) is 11.6 Å². The van der Waals surface area contributed by atoms with Gasteiger partial charge in [0.25, 0.3) is 0 Å². The third kappa shape index (κ3) is 4.45. The lowest BCUT2D eigenvalue weighted by Gasteiger charge is -2.29. The maximum absolute atomic E-state index is 11.9. The average Bonchev–Trinajstić information content (AvgIpc) is 2.37. The fourth-order valence-corrected chi connectivity index (χ4v) is 2.58. The van der Waals surface area contributed by atoms with Crippen LogP contribution < -0.4 is 11.1 Å². The summed E-state index contributed by atoms with van der Waals surface area (Å²) in [6, 6.07) is 5.62. The van der Waals surface area contributed by atoms with Crippen molar-refractivity contribution in [1.29, 1.82) is 0 Å². The van der Waals surface area contributed by atoms with Crippen LogP contribution in [0.3, 0.4) is 0 Å². The molecule has 1 aromatic rings. The summed E-state index contributed by atoms with van der Waals surface area (Å²) in [5.41, 5.74) is 6.58. The number of amides is 1. The quantitative estimate of drug-likeness (QED) is 0.884. The smallest absolute Gasteiger partial charge is 0.238 e. The van der Waals surface area contributed by atoms with Crippen LogP contribution in [0.4, 0.5) is 5.69 Å². The van der Waals surface area contributed by atoms with Crippen molar-refractivity contribution in [2.24, 2.45) is 5.73 Å². The molecule has 0 aliphatic carbocycles. The molecule has 0 aromatic heterocycles. The number of piperidine rings is 1. The first kappa shape index (κ1) is 14.8. The number of carbonyl (C=O) groups is 1. The van der Waals surface area contributed by atoms with Crippen molar-refractivity contribution in [3.63, 3.8) is 0 Å². The van der Waals surface area contributed by atoms with Crippen molar-refractivity contribution in [3.8, 4) is 0 Å². The third-order valence-electron chi connectivity index (χ3n) is 3.20. The van der Waals surface area contributed by atoms with Crippen LogP contribution in [-0.4, -0.2) is 36.5 Å². The minimum atomic E-state index is -0.00954. The number of benzene rings is 1. The van der Waals surface area contributed by atoms with Gasteiger partial charge < -0.3 is 11.1 Å². The lowest BCUT2D eigenvalue weighted by Crippen LogP contribution is -2.43. The second-order valence-electron chi connectivity index (χ2n) is 4.79. The third-order valence-corrected chi connectivity index (χ3v) is 4.42. The summed E-state index contributed by atoms with van der Waals surface area (Å²) in [6.45, 7) is 2.19. The number of nitrogens with zero attached hydrogens (tertiary/aromatic N) is 1. The fourth-order valence-electron chi connectivity index (χ4n) is 2.09. The Morgan fingerprint density at radius 1 is 1.47 bits per heavy atom. The van der Waals surface area contributed by atoms with Gasteiger partial charge in [-0.3, -0.25) is 9.69 Å². The summed E-state index contributed by atoms with van der Waals surface area (Å²) in [4.78, 5) is 14.1. The number of rotatable bonds is 3. The molecule has 1 fully saturated rings. The molecule has 1 aliphatic rings. The van der Waals surface area contributed by atoms with Gasteiger partial charge in [-0.1, -0.05) is 11.6 Å². The van der Waals surface area contributed by atoms with E-state index in [0.29, 0.717) is 11.6 Å². The van der Waals surface area contributed by atoms with Gasteiger partial charge in [-0.15, -0.1) is 0 Å². The zero-order valence-electron chi connectivity index (χ0n) is 10.5. The Kier molecular flexibility index (Phi) is 5.21. The Morgan fingerprint density at radius 2 is 2.16 bits per heavy atom. The maximum atomic E-state index is 11.9. The molecule has 1 aliphatic heterocycles. The summed E-state index contributed by atoms with van der Waals surface area (Å²) in [7, 11) is 0. The molecule has 19 heavy (non-hydrogen) atoms. The van der Waals surface area contributed by atoms with E-state index in [1.807, 2.05) is 0 Å². The standard InChI is InChI=1S/C13H17BrClN3O/c14-11-7-10(1-2-12(11)15)17-13(19)8-18-5-3-9(16)4-6-18/h1-2,7,9H,3-6,8,16H2,(H,17,19). The Bertz CT molecular complexity index is 461. The average molecular weight is 347 g/mol. The molecule has 1 amide bonds. The molecule has 0 bridgehead atoms. The largest absolute Gasteiger partial charge is 0.328 e. The molecular weight excluding hydrogens is 330 g/mol. The van der Waals surface area contributed by atoms with Crippen LogP contribution in [0, 0.1) is 0 Å². The van der Waals surface area contributed by atoms with Crippen molar-refractivity contribution >= 4 is 39.1 Å². The minimum absolute atomic E-state index is 0.00954. The first-order valence-corrected chi connectivity index (χ1v) is 7.44. The molecule has 0 unspecified atom stereocenters. The number of anilines is 1. The lowest BCUT2D eigenvalue weighted by molar-refractivity contribution is -0.117. The van der Waals surface area contributed by atoms with Gasteiger partial charge in [0, 0.05) is 29.3 Å². The Labute approximate surface area is 126 Å². The first-order valence-electron chi connectivity index (χ1n) is 6.27. The zero-order chi connectivity index (χ0) is 13.8. The van der Waals surface area contributed by atoms with Crippen LogP contribution in [0.1, 0.15) is 12.8 Å². The number of hydrogen-bond acceptors (Lipinski definition) is 3.